The van der Waals surface area contributed by atoms with Crippen molar-refractivity contribution >= 4 is 39.1 Å². The number of hydrogen-bond acceptors (Lipinski definition) is 1. The Kier molecular flexibility index (Phi) is 3.81. The van der Waals surface area contributed by atoms with Gasteiger partial charge in [0.05, 0.1) is 5.02 Å². The number of amides is 1. The summed E-state index contributed by atoms with van der Waals surface area (Å²) < 4.78 is 0.825. The molecule has 20 heavy (non-hydrogen) atoms. The number of nitrogens with one attached hydrogen (secondary N) is 1. The van der Waals surface area contributed by atoms with E-state index in [-0.39, 0.29) is 11.8 Å². The van der Waals surface area contributed by atoms with Gasteiger partial charge < -0.3 is 5.32 Å². The van der Waals surface area contributed by atoms with Crippen molar-refractivity contribution in [2.75, 3.05) is 5.32 Å². The van der Waals surface area contributed by atoms with Gasteiger partial charge in [0.15, 0.2) is 0 Å². The molecule has 2 unspecified atom stereocenters. The second-order valence-corrected chi connectivity index (χ2v) is 6.24. The van der Waals surface area contributed by atoms with E-state index in [9.17, 15) is 4.79 Å². The van der Waals surface area contributed by atoms with Crippen molar-refractivity contribution in [3.63, 3.8) is 0 Å². The van der Waals surface area contributed by atoms with Crippen LogP contribution in [0.1, 0.15) is 17.9 Å². The van der Waals surface area contributed by atoms with E-state index in [1.54, 1.807) is 6.07 Å². The molecule has 3 rings (SSSR count). The van der Waals surface area contributed by atoms with Gasteiger partial charge in [-0.3, -0.25) is 4.79 Å². The summed E-state index contributed by atoms with van der Waals surface area (Å²) in [7, 11) is 0. The van der Waals surface area contributed by atoms with Gasteiger partial charge in [-0.25, -0.2) is 0 Å². The minimum Gasteiger partial charge on any atom is -0.326 e. The van der Waals surface area contributed by atoms with Crippen LogP contribution >= 0.6 is 27.5 Å². The van der Waals surface area contributed by atoms with E-state index in [4.69, 9.17) is 11.6 Å². The summed E-state index contributed by atoms with van der Waals surface area (Å²) in [4.78, 5) is 12.2. The first-order valence-electron chi connectivity index (χ1n) is 6.46. The summed E-state index contributed by atoms with van der Waals surface area (Å²) in [5.74, 6) is 0.485. The molecule has 2 atom stereocenters. The topological polar surface area (TPSA) is 29.1 Å². The quantitative estimate of drug-likeness (QED) is 0.843. The SMILES string of the molecule is O=C(Nc1ccc(Br)c(Cl)c1)C1CC1c1ccccc1. The van der Waals surface area contributed by atoms with Crippen LogP contribution in [0, 0.1) is 5.92 Å². The summed E-state index contributed by atoms with van der Waals surface area (Å²) >= 11 is 9.35. The zero-order chi connectivity index (χ0) is 14.1. The fourth-order valence-electron chi connectivity index (χ4n) is 2.36. The molecule has 1 fully saturated rings. The summed E-state index contributed by atoms with van der Waals surface area (Å²) in [5, 5.41) is 3.52. The van der Waals surface area contributed by atoms with Crippen molar-refractivity contribution in [1.29, 1.82) is 0 Å². The molecule has 4 heteroatoms. The molecule has 1 aliphatic rings. The van der Waals surface area contributed by atoms with Crippen LogP contribution in [0.3, 0.4) is 0 Å². The maximum absolute atomic E-state index is 12.2. The average Bonchev–Trinajstić information content (AvgIpc) is 3.24. The van der Waals surface area contributed by atoms with E-state index < -0.39 is 0 Å². The largest absolute Gasteiger partial charge is 0.326 e. The molecule has 0 bridgehead atoms. The Labute approximate surface area is 131 Å². The Morgan fingerprint density at radius 1 is 1.20 bits per heavy atom. The molecule has 1 amide bonds. The number of benzene rings is 2. The van der Waals surface area contributed by atoms with E-state index in [0.717, 1.165) is 16.6 Å². The molecule has 0 spiro atoms. The Bertz CT molecular complexity index is 644. The van der Waals surface area contributed by atoms with Gasteiger partial charge in [-0.05, 0) is 52.0 Å². The molecule has 0 saturated heterocycles. The number of rotatable bonds is 3. The van der Waals surface area contributed by atoms with Crippen LogP contribution < -0.4 is 5.32 Å². The van der Waals surface area contributed by atoms with E-state index in [1.807, 2.05) is 30.3 Å². The van der Waals surface area contributed by atoms with Crippen molar-refractivity contribution < 1.29 is 4.79 Å². The average molecular weight is 351 g/mol. The fourth-order valence-corrected chi connectivity index (χ4v) is 2.79. The lowest BCUT2D eigenvalue weighted by Crippen LogP contribution is -2.14. The molecule has 1 aliphatic carbocycles. The smallest absolute Gasteiger partial charge is 0.228 e. The number of anilines is 1. The predicted octanol–water partition coefficient (Wildman–Crippen LogP) is 4.84. The van der Waals surface area contributed by atoms with Crippen molar-refractivity contribution in [2.24, 2.45) is 5.92 Å². The van der Waals surface area contributed by atoms with Gasteiger partial charge in [-0.15, -0.1) is 0 Å². The van der Waals surface area contributed by atoms with Gasteiger partial charge >= 0.3 is 0 Å². The number of carbonyl (C=O) groups excluding carboxylic acids is 1. The maximum Gasteiger partial charge on any atom is 0.228 e. The monoisotopic (exact) mass is 349 g/mol. The van der Waals surface area contributed by atoms with Crippen molar-refractivity contribution in [3.8, 4) is 0 Å². The standard InChI is InChI=1S/C16H13BrClNO/c17-14-7-6-11(8-15(14)18)19-16(20)13-9-12(13)10-4-2-1-3-5-10/h1-8,12-13H,9H2,(H,19,20). The van der Waals surface area contributed by atoms with Crippen LogP contribution in [0.5, 0.6) is 0 Å². The first-order valence-corrected chi connectivity index (χ1v) is 7.63. The summed E-state index contributed by atoms with van der Waals surface area (Å²) in [6.07, 6.45) is 0.917. The van der Waals surface area contributed by atoms with Crippen LogP contribution in [0.15, 0.2) is 53.0 Å². The first-order chi connectivity index (χ1) is 9.65. The number of halogens is 2. The van der Waals surface area contributed by atoms with Crippen LogP contribution in [0.4, 0.5) is 5.69 Å². The lowest BCUT2D eigenvalue weighted by atomic mass is 10.1. The van der Waals surface area contributed by atoms with E-state index in [1.165, 1.54) is 5.56 Å². The highest BCUT2D eigenvalue weighted by atomic mass is 79.9. The molecule has 0 aliphatic heterocycles. The molecule has 2 nitrogen and oxygen atoms in total. The van der Waals surface area contributed by atoms with Crippen LogP contribution in [-0.2, 0) is 4.79 Å². The third kappa shape index (κ3) is 2.89. The summed E-state index contributed by atoms with van der Waals surface area (Å²) in [5.41, 5.74) is 1.98. The summed E-state index contributed by atoms with van der Waals surface area (Å²) in [6, 6.07) is 15.6. The highest BCUT2D eigenvalue weighted by Crippen LogP contribution is 2.47. The fraction of sp³-hybridized carbons (Fsp3) is 0.188. The van der Waals surface area contributed by atoms with Crippen LogP contribution in [0.2, 0.25) is 5.02 Å². The zero-order valence-electron chi connectivity index (χ0n) is 10.6. The number of carbonyl (C=O) groups is 1. The van der Waals surface area contributed by atoms with Gasteiger partial charge in [0, 0.05) is 16.1 Å². The van der Waals surface area contributed by atoms with Crippen LogP contribution in [-0.4, -0.2) is 5.91 Å². The highest BCUT2D eigenvalue weighted by molar-refractivity contribution is 9.10. The Morgan fingerprint density at radius 3 is 2.65 bits per heavy atom. The van der Waals surface area contributed by atoms with Crippen molar-refractivity contribution in [1.82, 2.24) is 0 Å². The van der Waals surface area contributed by atoms with Gasteiger partial charge in [0.1, 0.15) is 0 Å². The minimum atomic E-state index is 0.0669. The lowest BCUT2D eigenvalue weighted by molar-refractivity contribution is -0.117. The molecule has 1 N–H and O–H groups in total. The van der Waals surface area contributed by atoms with Crippen LogP contribution in [0.25, 0.3) is 0 Å². The molecule has 0 radical (unpaired) electrons. The normalized spacial score (nSPS) is 20.5. The maximum atomic E-state index is 12.2. The van der Waals surface area contributed by atoms with Gasteiger partial charge in [0.2, 0.25) is 5.91 Å². The molecule has 2 aromatic rings. The Balaban J connectivity index is 1.65. The lowest BCUT2D eigenvalue weighted by Gasteiger charge is -2.06. The summed E-state index contributed by atoms with van der Waals surface area (Å²) in [6.45, 7) is 0. The molecule has 1 saturated carbocycles. The van der Waals surface area contributed by atoms with Gasteiger partial charge in [-0.1, -0.05) is 41.9 Å². The number of hydrogen-bond donors (Lipinski definition) is 1. The third-order valence-electron chi connectivity index (χ3n) is 3.54. The zero-order valence-corrected chi connectivity index (χ0v) is 13.0. The van der Waals surface area contributed by atoms with Crippen molar-refractivity contribution in [2.45, 2.75) is 12.3 Å². The van der Waals surface area contributed by atoms with Crippen molar-refractivity contribution in [3.05, 3.63) is 63.6 Å². The first kappa shape index (κ1) is 13.7. The highest BCUT2D eigenvalue weighted by Gasteiger charge is 2.43. The van der Waals surface area contributed by atoms with E-state index >= 15 is 0 Å². The second-order valence-electron chi connectivity index (χ2n) is 4.98. The van der Waals surface area contributed by atoms with E-state index in [2.05, 4.69) is 33.4 Å². The minimum absolute atomic E-state index is 0.0669. The second kappa shape index (κ2) is 5.58. The van der Waals surface area contributed by atoms with E-state index in [0.29, 0.717) is 10.9 Å². The van der Waals surface area contributed by atoms with Gasteiger partial charge in [-0.2, -0.15) is 0 Å². The Hall–Kier alpha value is -1.32. The van der Waals surface area contributed by atoms with Gasteiger partial charge in [0.25, 0.3) is 0 Å². The Morgan fingerprint density at radius 2 is 1.95 bits per heavy atom. The predicted molar refractivity (Wildman–Crippen MR) is 85.1 cm³/mol. The third-order valence-corrected chi connectivity index (χ3v) is 4.77. The molecular weight excluding hydrogens is 338 g/mol. The molecular formula is C16H13BrClNO. The molecule has 0 heterocycles. The molecule has 2 aromatic carbocycles. The molecule has 102 valence electrons. The molecule has 0 aromatic heterocycles.